The molecule has 50 valence electrons. The predicted octanol–water partition coefficient (Wildman–Crippen LogP) is -2.52. The van der Waals surface area contributed by atoms with E-state index in [9.17, 15) is 4.21 Å². The van der Waals surface area contributed by atoms with Gasteiger partial charge in [-0.15, -0.1) is 8.15 Å². The van der Waals surface area contributed by atoms with Gasteiger partial charge in [-0.1, -0.05) is 6.08 Å². The van der Waals surface area contributed by atoms with Gasteiger partial charge in [0, 0.05) is 6.08 Å². The van der Waals surface area contributed by atoms with E-state index in [1.165, 1.54) is 0 Å². The molecule has 9 heavy (non-hydrogen) atoms. The van der Waals surface area contributed by atoms with Crippen molar-refractivity contribution in [2.75, 3.05) is 6.54 Å². The second-order valence-corrected chi connectivity index (χ2v) is 2.06. The van der Waals surface area contributed by atoms with E-state index in [0.29, 0.717) is 11.5 Å². The third-order valence-electron chi connectivity index (χ3n) is 0.881. The highest BCUT2D eigenvalue weighted by atomic mass is 35.5. The third-order valence-corrected chi connectivity index (χ3v) is 1.34. The van der Waals surface area contributed by atoms with Crippen molar-refractivity contribution in [1.82, 2.24) is 0 Å². The van der Waals surface area contributed by atoms with Crippen molar-refractivity contribution in [3.05, 3.63) is 24.4 Å². The van der Waals surface area contributed by atoms with Crippen LogP contribution in [0.25, 0.3) is 0 Å². The molecule has 0 N–H and O–H groups in total. The summed E-state index contributed by atoms with van der Waals surface area (Å²) in [6.45, 7) is 0.727. The second kappa shape index (κ2) is 4.47. The number of nitrogens with zero attached hydrogens (tertiary/aromatic N) is 1. The molecule has 0 saturated carbocycles. The lowest BCUT2D eigenvalue weighted by atomic mass is 10.4. The smallest absolute Gasteiger partial charge is 0.385 e. The Labute approximate surface area is 63.5 Å². The van der Waals surface area contributed by atoms with Crippen molar-refractivity contribution in [3.63, 3.8) is 0 Å². The van der Waals surface area contributed by atoms with Crippen LogP contribution in [0.15, 0.2) is 24.4 Å². The van der Waals surface area contributed by atoms with Gasteiger partial charge in [0.2, 0.25) is 0 Å². The lowest BCUT2D eigenvalue weighted by Crippen LogP contribution is -3.00. The van der Waals surface area contributed by atoms with Crippen LogP contribution in [-0.2, 0) is 11.5 Å². The quantitative estimate of drug-likeness (QED) is 0.361. The van der Waals surface area contributed by atoms with Crippen LogP contribution in [0.2, 0.25) is 0 Å². The summed E-state index contributed by atoms with van der Waals surface area (Å²) in [5.74, 6) is 0. The Morgan fingerprint density at radius 3 is 2.56 bits per heavy atom. The van der Waals surface area contributed by atoms with E-state index in [1.54, 1.807) is 10.1 Å². The van der Waals surface area contributed by atoms with Gasteiger partial charge in [-0.25, -0.2) is 0 Å². The number of hydrogen-bond acceptors (Lipinski definition) is 1. The normalized spacial score (nSPS) is 14.9. The number of allylic oxidation sites excluding steroid dienone is 2. The van der Waals surface area contributed by atoms with Crippen molar-refractivity contribution in [2.45, 2.75) is 0 Å². The van der Waals surface area contributed by atoms with Gasteiger partial charge in [-0.3, -0.25) is 0 Å². The van der Waals surface area contributed by atoms with Gasteiger partial charge in [0.25, 0.3) is 0 Å². The van der Waals surface area contributed by atoms with Crippen LogP contribution in [0.4, 0.5) is 0 Å². The first-order valence-corrected chi connectivity index (χ1v) is 3.03. The van der Waals surface area contributed by atoms with Gasteiger partial charge in [0.05, 0.1) is 0 Å². The fourth-order valence-corrected chi connectivity index (χ4v) is 0.772. The zero-order chi connectivity index (χ0) is 5.82. The molecular formula is C5H6ClNOS. The van der Waals surface area contributed by atoms with Crippen LogP contribution >= 0.6 is 0 Å². The van der Waals surface area contributed by atoms with Crippen LogP contribution in [0.5, 0.6) is 0 Å². The van der Waals surface area contributed by atoms with Crippen LogP contribution < -0.4 is 12.4 Å². The Kier molecular flexibility index (Phi) is 4.26. The third kappa shape index (κ3) is 2.58. The number of rotatable bonds is 0. The number of halogens is 1. The fourth-order valence-electron chi connectivity index (χ4n) is 0.505. The maximum atomic E-state index is 10.0. The van der Waals surface area contributed by atoms with E-state index >= 15 is 0 Å². The van der Waals surface area contributed by atoms with E-state index in [2.05, 4.69) is 0 Å². The Morgan fingerprint density at radius 2 is 2.22 bits per heavy atom. The van der Waals surface area contributed by atoms with E-state index in [-0.39, 0.29) is 12.4 Å². The summed E-state index contributed by atoms with van der Waals surface area (Å²) in [6.07, 6.45) is 7.46. The predicted molar refractivity (Wildman–Crippen MR) is 31.5 cm³/mol. The highest BCUT2D eigenvalue weighted by Crippen LogP contribution is 1.87. The van der Waals surface area contributed by atoms with Crippen molar-refractivity contribution in [1.29, 1.82) is 0 Å². The topological polar surface area (TPSA) is 20.1 Å². The molecule has 0 aromatic rings. The standard InChI is InChI=1S/C5H6NOS.ClH/c7-8-6-4-2-1-3-5-6;/h1-4H,5H2;1H/q+1;/p-1. The summed E-state index contributed by atoms with van der Waals surface area (Å²) >= 11 is 0.491. The summed E-state index contributed by atoms with van der Waals surface area (Å²) < 4.78 is 11.7. The first-order chi connectivity index (χ1) is 3.93. The van der Waals surface area contributed by atoms with E-state index in [0.717, 1.165) is 6.54 Å². The molecule has 0 aromatic carbocycles. The monoisotopic (exact) mass is 163 g/mol. The highest BCUT2D eigenvalue weighted by Gasteiger charge is 1.97. The summed E-state index contributed by atoms with van der Waals surface area (Å²) in [5.41, 5.74) is 0. The molecule has 0 fully saturated rings. The molecule has 2 nitrogen and oxygen atoms in total. The van der Waals surface area contributed by atoms with Gasteiger partial charge in [0.15, 0.2) is 12.7 Å². The first kappa shape index (κ1) is 8.59. The van der Waals surface area contributed by atoms with Gasteiger partial charge in [-0.05, 0) is 6.08 Å². The molecule has 0 spiro atoms. The van der Waals surface area contributed by atoms with Crippen LogP contribution in [-0.4, -0.2) is 14.7 Å². The molecule has 0 aromatic heterocycles. The van der Waals surface area contributed by atoms with Crippen molar-refractivity contribution < 1.29 is 20.6 Å². The summed E-state index contributed by atoms with van der Waals surface area (Å²) in [7, 11) is 0. The van der Waals surface area contributed by atoms with Gasteiger partial charge in [0.1, 0.15) is 0 Å². The largest absolute Gasteiger partial charge is 1.00 e. The summed E-state index contributed by atoms with van der Waals surface area (Å²) in [6, 6.07) is 0. The molecule has 1 rings (SSSR count). The molecule has 0 atom stereocenters. The molecule has 0 aliphatic carbocycles. The summed E-state index contributed by atoms with van der Waals surface area (Å²) in [5, 5.41) is 0. The van der Waals surface area contributed by atoms with E-state index < -0.39 is 0 Å². The van der Waals surface area contributed by atoms with Gasteiger partial charge < -0.3 is 12.4 Å². The molecule has 1 aliphatic rings. The Bertz CT molecular complexity index is 193. The number of hydrogen-bond donors (Lipinski definition) is 0. The average Bonchev–Trinajstić information content (AvgIpc) is 1.90. The zero-order valence-corrected chi connectivity index (χ0v) is 6.23. The van der Waals surface area contributed by atoms with Crippen LogP contribution in [0.1, 0.15) is 0 Å². The second-order valence-electron chi connectivity index (χ2n) is 1.44. The minimum absolute atomic E-state index is 0. The van der Waals surface area contributed by atoms with E-state index in [4.69, 9.17) is 0 Å². The van der Waals surface area contributed by atoms with Crippen molar-refractivity contribution >= 4 is 11.5 Å². The van der Waals surface area contributed by atoms with Gasteiger partial charge >= 0.3 is 11.5 Å². The minimum Gasteiger partial charge on any atom is -1.00 e. The lowest BCUT2D eigenvalue weighted by Gasteiger charge is -1.86. The highest BCUT2D eigenvalue weighted by molar-refractivity contribution is 7.51. The summed E-state index contributed by atoms with van der Waals surface area (Å²) in [4.78, 5) is 0. The van der Waals surface area contributed by atoms with Crippen LogP contribution in [0, 0.1) is 0 Å². The molecule has 4 heteroatoms. The molecule has 0 bridgehead atoms. The maximum Gasteiger partial charge on any atom is 0.385 e. The molecule has 0 amide bonds. The van der Waals surface area contributed by atoms with Crippen molar-refractivity contribution in [2.24, 2.45) is 0 Å². The molecular weight excluding hydrogens is 158 g/mol. The van der Waals surface area contributed by atoms with Gasteiger partial charge in [-0.2, -0.15) is 0 Å². The first-order valence-electron chi connectivity index (χ1n) is 2.33. The fraction of sp³-hybridized carbons (Fsp3) is 0.200. The molecule has 0 radical (unpaired) electrons. The van der Waals surface area contributed by atoms with E-state index in [1.807, 2.05) is 18.2 Å². The Morgan fingerprint density at radius 1 is 1.44 bits per heavy atom. The van der Waals surface area contributed by atoms with Crippen LogP contribution in [0.3, 0.4) is 0 Å². The molecule has 1 heterocycles. The molecule has 0 saturated heterocycles. The Hall–Kier alpha value is -0.410. The zero-order valence-electron chi connectivity index (χ0n) is 4.66. The Balaban J connectivity index is 0.000000640. The SMILES string of the molecule is O=S=[N+]1C=CC=CC1.[Cl-]. The molecule has 0 unspecified atom stereocenters. The minimum atomic E-state index is 0. The maximum absolute atomic E-state index is 10.0. The van der Waals surface area contributed by atoms with Crippen molar-refractivity contribution in [3.8, 4) is 0 Å². The average molecular weight is 164 g/mol. The molecule has 1 aliphatic heterocycles. The lowest BCUT2D eigenvalue weighted by molar-refractivity contribution is -0.416.